The van der Waals surface area contributed by atoms with Crippen molar-refractivity contribution in [3.8, 4) is 11.5 Å². The number of carbonyl (C=O) groups is 1. The van der Waals surface area contributed by atoms with E-state index < -0.39 is 5.82 Å². The standard InChI is InChI=1S/C22H28FN5O2/c1-3-21(29)28-11-9-17(15-28)27-22(25-4-2)26-13-16-7-8-20(19(23)12-16)30-18-6-5-10-24-14-18/h5-8,10,12,14,17H,3-4,9,11,13,15H2,1-2H3,(H2,25,26,27). The number of aliphatic imine (C=N–C) groups is 1. The first-order valence-electron chi connectivity index (χ1n) is 10.3. The van der Waals surface area contributed by atoms with Crippen molar-refractivity contribution >= 4 is 11.9 Å². The van der Waals surface area contributed by atoms with E-state index in [1.165, 1.54) is 12.3 Å². The van der Waals surface area contributed by atoms with Crippen molar-refractivity contribution in [1.82, 2.24) is 20.5 Å². The number of nitrogens with one attached hydrogen (secondary N) is 2. The second-order valence-corrected chi connectivity index (χ2v) is 7.07. The average molecular weight is 413 g/mol. The number of carbonyl (C=O) groups excluding carboxylic acids is 1. The lowest BCUT2D eigenvalue weighted by atomic mass is 10.2. The van der Waals surface area contributed by atoms with Crippen LogP contribution < -0.4 is 15.4 Å². The van der Waals surface area contributed by atoms with Crippen LogP contribution in [0.15, 0.2) is 47.7 Å². The second-order valence-electron chi connectivity index (χ2n) is 7.07. The van der Waals surface area contributed by atoms with E-state index in [-0.39, 0.29) is 17.7 Å². The average Bonchev–Trinajstić information content (AvgIpc) is 3.22. The quantitative estimate of drug-likeness (QED) is 0.539. The van der Waals surface area contributed by atoms with E-state index in [0.29, 0.717) is 37.8 Å². The Bertz CT molecular complexity index is 875. The molecular formula is C22H28FN5O2. The number of likely N-dealkylation sites (tertiary alicyclic amines) is 1. The Kier molecular flexibility index (Phi) is 7.59. The second kappa shape index (κ2) is 10.6. The molecular weight excluding hydrogens is 385 g/mol. The predicted octanol–water partition coefficient (Wildman–Crippen LogP) is 3.08. The fraction of sp³-hybridized carbons (Fsp3) is 0.409. The van der Waals surface area contributed by atoms with Gasteiger partial charge in [-0.25, -0.2) is 9.38 Å². The molecule has 1 fully saturated rings. The fourth-order valence-electron chi connectivity index (χ4n) is 3.27. The Morgan fingerprint density at radius 3 is 2.93 bits per heavy atom. The van der Waals surface area contributed by atoms with Gasteiger partial charge < -0.3 is 20.3 Å². The van der Waals surface area contributed by atoms with Crippen LogP contribution in [0.5, 0.6) is 11.5 Å². The Balaban J connectivity index is 1.60. The zero-order valence-electron chi connectivity index (χ0n) is 17.4. The van der Waals surface area contributed by atoms with Crippen molar-refractivity contribution in [1.29, 1.82) is 0 Å². The summed E-state index contributed by atoms with van der Waals surface area (Å²) in [5.74, 6) is 1.00. The minimum absolute atomic E-state index is 0.146. The number of halogens is 1. The van der Waals surface area contributed by atoms with Crippen LogP contribution >= 0.6 is 0 Å². The Morgan fingerprint density at radius 1 is 1.37 bits per heavy atom. The molecule has 1 aromatic heterocycles. The van der Waals surface area contributed by atoms with E-state index in [0.717, 1.165) is 18.5 Å². The molecule has 8 heteroatoms. The van der Waals surface area contributed by atoms with Gasteiger partial charge >= 0.3 is 0 Å². The van der Waals surface area contributed by atoms with E-state index >= 15 is 0 Å². The summed E-state index contributed by atoms with van der Waals surface area (Å²) in [6.07, 6.45) is 4.56. The molecule has 1 aliphatic heterocycles. The monoisotopic (exact) mass is 413 g/mol. The number of nitrogens with zero attached hydrogens (tertiary/aromatic N) is 3. The van der Waals surface area contributed by atoms with E-state index in [9.17, 15) is 9.18 Å². The molecule has 1 aromatic carbocycles. The molecule has 30 heavy (non-hydrogen) atoms. The van der Waals surface area contributed by atoms with Gasteiger partial charge in [-0.15, -0.1) is 0 Å². The van der Waals surface area contributed by atoms with E-state index in [4.69, 9.17) is 4.74 Å². The van der Waals surface area contributed by atoms with Gasteiger partial charge in [0.2, 0.25) is 5.91 Å². The van der Waals surface area contributed by atoms with E-state index in [2.05, 4.69) is 20.6 Å². The minimum atomic E-state index is -0.450. The number of guanidine groups is 1. The molecule has 0 saturated carbocycles. The van der Waals surface area contributed by atoms with Crippen LogP contribution in [0.1, 0.15) is 32.3 Å². The molecule has 0 bridgehead atoms. The lowest BCUT2D eigenvalue weighted by molar-refractivity contribution is -0.129. The molecule has 2 aromatic rings. The van der Waals surface area contributed by atoms with Gasteiger partial charge in [0.1, 0.15) is 5.75 Å². The van der Waals surface area contributed by atoms with E-state index in [1.807, 2.05) is 18.7 Å². The maximum Gasteiger partial charge on any atom is 0.222 e. The molecule has 2 N–H and O–H groups in total. The summed E-state index contributed by atoms with van der Waals surface area (Å²) in [7, 11) is 0. The summed E-state index contributed by atoms with van der Waals surface area (Å²) in [6.45, 7) is 6.33. The van der Waals surface area contributed by atoms with Crippen LogP contribution in [0.3, 0.4) is 0 Å². The summed E-state index contributed by atoms with van der Waals surface area (Å²) in [5, 5.41) is 6.58. The zero-order valence-corrected chi connectivity index (χ0v) is 17.4. The molecule has 0 radical (unpaired) electrons. The summed E-state index contributed by atoms with van der Waals surface area (Å²) >= 11 is 0. The van der Waals surface area contributed by atoms with Crippen LogP contribution in [-0.2, 0) is 11.3 Å². The number of ether oxygens (including phenoxy) is 1. The van der Waals surface area contributed by atoms with Gasteiger partial charge in [-0.2, -0.15) is 0 Å². The zero-order chi connectivity index (χ0) is 21.3. The Morgan fingerprint density at radius 2 is 2.23 bits per heavy atom. The third-order valence-electron chi connectivity index (χ3n) is 4.81. The van der Waals surface area contributed by atoms with Gasteiger partial charge in [0.25, 0.3) is 0 Å². The molecule has 160 valence electrons. The molecule has 3 rings (SSSR count). The molecule has 7 nitrogen and oxygen atoms in total. The maximum atomic E-state index is 14.4. The lowest BCUT2D eigenvalue weighted by Crippen LogP contribution is -2.45. The van der Waals surface area contributed by atoms with Gasteiger partial charge in [-0.1, -0.05) is 13.0 Å². The number of rotatable bonds is 7. The fourth-order valence-corrected chi connectivity index (χ4v) is 3.27. The van der Waals surface area contributed by atoms with E-state index in [1.54, 1.807) is 30.5 Å². The summed E-state index contributed by atoms with van der Waals surface area (Å²) in [4.78, 5) is 22.3. The Hall–Kier alpha value is -3.16. The number of pyridine rings is 1. The van der Waals surface area contributed by atoms with Gasteiger partial charge in [-0.05, 0) is 43.2 Å². The van der Waals surface area contributed by atoms with Crippen molar-refractivity contribution in [2.45, 2.75) is 39.3 Å². The summed E-state index contributed by atoms with van der Waals surface area (Å²) in [6, 6.07) is 8.42. The number of hydrogen-bond acceptors (Lipinski definition) is 4. The maximum absolute atomic E-state index is 14.4. The number of aromatic nitrogens is 1. The highest BCUT2D eigenvalue weighted by atomic mass is 19.1. The van der Waals surface area contributed by atoms with Gasteiger partial charge in [0.15, 0.2) is 17.5 Å². The molecule has 1 aliphatic rings. The van der Waals surface area contributed by atoms with Crippen molar-refractivity contribution in [3.05, 3.63) is 54.1 Å². The van der Waals surface area contributed by atoms with Crippen molar-refractivity contribution in [2.75, 3.05) is 19.6 Å². The molecule has 1 amide bonds. The highest BCUT2D eigenvalue weighted by Gasteiger charge is 2.25. The van der Waals surface area contributed by atoms with Crippen molar-refractivity contribution in [3.63, 3.8) is 0 Å². The largest absolute Gasteiger partial charge is 0.453 e. The normalized spacial score (nSPS) is 16.4. The molecule has 1 saturated heterocycles. The SMILES string of the molecule is CCNC(=NCc1ccc(Oc2cccnc2)c(F)c1)NC1CCN(C(=O)CC)C1. The van der Waals surface area contributed by atoms with Gasteiger partial charge in [0.05, 0.1) is 12.7 Å². The summed E-state index contributed by atoms with van der Waals surface area (Å²) in [5.41, 5.74) is 0.734. The highest BCUT2D eigenvalue weighted by molar-refractivity contribution is 5.80. The topological polar surface area (TPSA) is 78.9 Å². The van der Waals surface area contributed by atoms with Crippen LogP contribution in [-0.4, -0.2) is 47.4 Å². The number of benzene rings is 1. The Labute approximate surface area is 176 Å². The first-order valence-corrected chi connectivity index (χ1v) is 10.3. The van der Waals surface area contributed by atoms with Crippen molar-refractivity contribution < 1.29 is 13.9 Å². The first kappa shape index (κ1) is 21.5. The molecule has 2 heterocycles. The third kappa shape index (κ3) is 5.92. The summed E-state index contributed by atoms with van der Waals surface area (Å²) < 4.78 is 20.0. The molecule has 0 aliphatic carbocycles. The van der Waals surface area contributed by atoms with Gasteiger partial charge in [0, 0.05) is 38.3 Å². The predicted molar refractivity (Wildman–Crippen MR) is 114 cm³/mol. The molecule has 0 spiro atoms. The van der Waals surface area contributed by atoms with Crippen LogP contribution in [0.2, 0.25) is 0 Å². The van der Waals surface area contributed by atoms with Crippen LogP contribution in [0.4, 0.5) is 4.39 Å². The third-order valence-corrected chi connectivity index (χ3v) is 4.81. The first-order chi connectivity index (χ1) is 14.6. The number of hydrogen-bond donors (Lipinski definition) is 2. The highest BCUT2D eigenvalue weighted by Crippen LogP contribution is 2.24. The lowest BCUT2D eigenvalue weighted by Gasteiger charge is -2.18. The smallest absolute Gasteiger partial charge is 0.222 e. The van der Waals surface area contributed by atoms with Crippen LogP contribution in [0.25, 0.3) is 0 Å². The minimum Gasteiger partial charge on any atom is -0.453 e. The van der Waals surface area contributed by atoms with Gasteiger partial charge in [-0.3, -0.25) is 9.78 Å². The molecule has 1 unspecified atom stereocenters. The van der Waals surface area contributed by atoms with Crippen LogP contribution in [0, 0.1) is 5.82 Å². The number of amides is 1. The molecule has 1 atom stereocenters. The van der Waals surface area contributed by atoms with Crippen molar-refractivity contribution in [2.24, 2.45) is 4.99 Å².